The second kappa shape index (κ2) is 3.66. The number of hydrogen-bond donors (Lipinski definition) is 1. The molecular weight excluding hydrogens is 189 g/mol. The van der Waals surface area contributed by atoms with E-state index in [1.807, 2.05) is 11.4 Å². The zero-order valence-corrected chi connectivity index (χ0v) is 7.64. The van der Waals surface area contributed by atoms with Gasteiger partial charge in [0.05, 0.1) is 10.2 Å². The number of alkyl halides is 1. The second-order valence-corrected chi connectivity index (χ2v) is 3.39. The number of nitrogens with zero attached hydrogens (tertiary/aromatic N) is 2. The van der Waals surface area contributed by atoms with Crippen LogP contribution < -0.4 is 5.32 Å². The van der Waals surface area contributed by atoms with E-state index in [2.05, 4.69) is 15.3 Å². The largest absolute Gasteiger partial charge is 0.366 e. The highest BCUT2D eigenvalue weighted by molar-refractivity contribution is 7.17. The fraction of sp³-hybridized carbons (Fsp3) is 0.250. The van der Waals surface area contributed by atoms with E-state index in [1.165, 1.54) is 6.33 Å². The van der Waals surface area contributed by atoms with Gasteiger partial charge in [-0.2, -0.15) is 0 Å². The zero-order chi connectivity index (χ0) is 9.10. The maximum absolute atomic E-state index is 11.9. The summed E-state index contributed by atoms with van der Waals surface area (Å²) in [5.74, 6) is 0.720. The highest BCUT2D eigenvalue weighted by Gasteiger charge is 2.02. The number of rotatable bonds is 3. The summed E-state index contributed by atoms with van der Waals surface area (Å²) in [7, 11) is 0. The average Bonchev–Trinajstić information content (AvgIpc) is 2.62. The first kappa shape index (κ1) is 8.37. The Balaban J connectivity index is 2.37. The number of nitrogens with one attached hydrogen (secondary N) is 1. The Kier molecular flexibility index (Phi) is 2.35. The molecule has 0 fully saturated rings. The summed E-state index contributed by atoms with van der Waals surface area (Å²) in [5.41, 5.74) is 0.904. The number of halogens is 1. The lowest BCUT2D eigenvalue weighted by atomic mass is 10.4. The number of hydrogen-bond acceptors (Lipinski definition) is 4. The molecule has 0 aliphatic carbocycles. The Morgan fingerprint density at radius 3 is 3.23 bits per heavy atom. The van der Waals surface area contributed by atoms with Crippen LogP contribution in [0, 0.1) is 0 Å². The van der Waals surface area contributed by atoms with Crippen molar-refractivity contribution in [2.24, 2.45) is 0 Å². The molecule has 2 aromatic heterocycles. The van der Waals surface area contributed by atoms with E-state index >= 15 is 0 Å². The molecule has 0 unspecified atom stereocenters. The molecule has 0 aromatic carbocycles. The van der Waals surface area contributed by atoms with Crippen LogP contribution >= 0.6 is 11.3 Å². The quantitative estimate of drug-likeness (QED) is 0.818. The van der Waals surface area contributed by atoms with Gasteiger partial charge in [0, 0.05) is 6.54 Å². The van der Waals surface area contributed by atoms with Gasteiger partial charge in [-0.25, -0.2) is 14.4 Å². The SMILES string of the molecule is FCCNc1ncnc2ccsc12. The lowest BCUT2D eigenvalue weighted by molar-refractivity contribution is 0.512. The number of aromatic nitrogens is 2. The van der Waals surface area contributed by atoms with E-state index in [1.54, 1.807) is 11.3 Å². The van der Waals surface area contributed by atoms with Crippen LogP contribution in [0.5, 0.6) is 0 Å². The van der Waals surface area contributed by atoms with Gasteiger partial charge in [0.1, 0.15) is 18.8 Å². The molecule has 2 aromatic rings. The second-order valence-electron chi connectivity index (χ2n) is 2.47. The maximum atomic E-state index is 11.9. The van der Waals surface area contributed by atoms with Crippen LogP contribution in [0.25, 0.3) is 10.2 Å². The molecule has 0 atom stereocenters. The van der Waals surface area contributed by atoms with Crippen LogP contribution in [0.4, 0.5) is 10.2 Å². The highest BCUT2D eigenvalue weighted by atomic mass is 32.1. The van der Waals surface area contributed by atoms with Crippen LogP contribution in [0.15, 0.2) is 17.8 Å². The van der Waals surface area contributed by atoms with Crippen molar-refractivity contribution in [3.8, 4) is 0 Å². The zero-order valence-electron chi connectivity index (χ0n) is 6.83. The minimum Gasteiger partial charge on any atom is -0.366 e. The summed E-state index contributed by atoms with van der Waals surface area (Å²) in [6.45, 7) is -0.0963. The molecule has 0 radical (unpaired) electrons. The molecule has 2 rings (SSSR count). The first-order valence-electron chi connectivity index (χ1n) is 3.90. The highest BCUT2D eigenvalue weighted by Crippen LogP contribution is 2.24. The molecule has 68 valence electrons. The minimum atomic E-state index is -0.392. The summed E-state index contributed by atoms with van der Waals surface area (Å²) >= 11 is 1.55. The van der Waals surface area contributed by atoms with Crippen LogP contribution in [-0.4, -0.2) is 23.2 Å². The van der Waals surface area contributed by atoms with Gasteiger partial charge in [0.2, 0.25) is 0 Å². The normalized spacial score (nSPS) is 10.5. The number of anilines is 1. The minimum absolute atomic E-state index is 0.296. The van der Waals surface area contributed by atoms with E-state index in [-0.39, 0.29) is 0 Å². The Hall–Kier alpha value is -1.23. The molecule has 3 nitrogen and oxygen atoms in total. The van der Waals surface area contributed by atoms with Crippen molar-refractivity contribution in [1.82, 2.24) is 9.97 Å². The summed E-state index contributed by atoms with van der Waals surface area (Å²) in [4.78, 5) is 8.11. The average molecular weight is 197 g/mol. The molecule has 1 N–H and O–H groups in total. The molecule has 0 saturated heterocycles. The van der Waals surface area contributed by atoms with E-state index in [0.717, 1.165) is 16.0 Å². The van der Waals surface area contributed by atoms with Crippen molar-refractivity contribution in [1.29, 1.82) is 0 Å². The molecule has 5 heteroatoms. The van der Waals surface area contributed by atoms with E-state index in [9.17, 15) is 4.39 Å². The predicted octanol–water partition coefficient (Wildman–Crippen LogP) is 2.07. The molecular formula is C8H8FN3S. The van der Waals surface area contributed by atoms with Crippen molar-refractivity contribution in [3.63, 3.8) is 0 Å². The van der Waals surface area contributed by atoms with Gasteiger partial charge in [0.25, 0.3) is 0 Å². The molecule has 13 heavy (non-hydrogen) atoms. The summed E-state index contributed by atoms with van der Waals surface area (Å²) in [6, 6.07) is 1.92. The first-order valence-corrected chi connectivity index (χ1v) is 4.78. The molecule has 0 bridgehead atoms. The van der Waals surface area contributed by atoms with Crippen molar-refractivity contribution in [2.45, 2.75) is 0 Å². The fourth-order valence-corrected chi connectivity index (χ4v) is 1.89. The monoisotopic (exact) mass is 197 g/mol. The third-order valence-corrected chi connectivity index (χ3v) is 2.54. The Morgan fingerprint density at radius 2 is 2.38 bits per heavy atom. The van der Waals surface area contributed by atoms with Gasteiger partial charge in [-0.05, 0) is 11.4 Å². The number of fused-ring (bicyclic) bond motifs is 1. The Labute approximate surface area is 78.6 Å². The van der Waals surface area contributed by atoms with Crippen LogP contribution in [-0.2, 0) is 0 Å². The molecule has 0 aliphatic heterocycles. The molecule has 0 saturated carbocycles. The fourth-order valence-electron chi connectivity index (χ4n) is 1.08. The van der Waals surface area contributed by atoms with Gasteiger partial charge >= 0.3 is 0 Å². The maximum Gasteiger partial charge on any atom is 0.147 e. The van der Waals surface area contributed by atoms with Crippen molar-refractivity contribution in [3.05, 3.63) is 17.8 Å². The lowest BCUT2D eigenvalue weighted by Crippen LogP contribution is -2.04. The summed E-state index contributed by atoms with van der Waals surface area (Å²) < 4.78 is 12.9. The predicted molar refractivity (Wildman–Crippen MR) is 51.9 cm³/mol. The van der Waals surface area contributed by atoms with Gasteiger partial charge < -0.3 is 5.32 Å². The molecule has 0 amide bonds. The summed E-state index contributed by atoms with van der Waals surface area (Å²) in [6.07, 6.45) is 1.48. The Morgan fingerprint density at radius 1 is 1.46 bits per heavy atom. The van der Waals surface area contributed by atoms with Crippen LogP contribution in [0.3, 0.4) is 0 Å². The smallest absolute Gasteiger partial charge is 0.147 e. The van der Waals surface area contributed by atoms with Crippen molar-refractivity contribution in [2.75, 3.05) is 18.5 Å². The summed E-state index contributed by atoms with van der Waals surface area (Å²) in [5, 5.41) is 4.85. The Bertz CT molecular complexity index is 401. The number of thiophene rings is 1. The topological polar surface area (TPSA) is 37.8 Å². The lowest BCUT2D eigenvalue weighted by Gasteiger charge is -2.02. The first-order chi connectivity index (χ1) is 6.42. The van der Waals surface area contributed by atoms with Gasteiger partial charge in [-0.3, -0.25) is 0 Å². The third-order valence-electron chi connectivity index (χ3n) is 1.63. The van der Waals surface area contributed by atoms with E-state index in [0.29, 0.717) is 6.54 Å². The van der Waals surface area contributed by atoms with Crippen LogP contribution in [0.1, 0.15) is 0 Å². The van der Waals surface area contributed by atoms with Gasteiger partial charge in [-0.1, -0.05) is 0 Å². The standard InChI is InChI=1S/C8H8FN3S/c9-2-3-10-8-7-6(1-4-13-7)11-5-12-8/h1,4-5H,2-3H2,(H,10,11,12). The van der Waals surface area contributed by atoms with Gasteiger partial charge in [0.15, 0.2) is 0 Å². The van der Waals surface area contributed by atoms with Crippen molar-refractivity contribution < 1.29 is 4.39 Å². The van der Waals surface area contributed by atoms with Crippen molar-refractivity contribution >= 4 is 27.4 Å². The van der Waals surface area contributed by atoms with E-state index in [4.69, 9.17) is 0 Å². The van der Waals surface area contributed by atoms with Crippen LogP contribution in [0.2, 0.25) is 0 Å². The van der Waals surface area contributed by atoms with Gasteiger partial charge in [-0.15, -0.1) is 11.3 Å². The van der Waals surface area contributed by atoms with E-state index < -0.39 is 6.67 Å². The third kappa shape index (κ3) is 1.60. The molecule has 0 spiro atoms. The molecule has 0 aliphatic rings. The molecule has 2 heterocycles.